The second kappa shape index (κ2) is 2.05. The lowest BCUT2D eigenvalue weighted by Crippen LogP contribution is -2.20. The van der Waals surface area contributed by atoms with Gasteiger partial charge in [-0.25, -0.2) is 0 Å². The van der Waals surface area contributed by atoms with Gasteiger partial charge in [0.2, 0.25) is 7.98 Å². The molecule has 1 aromatic heterocycles. The molecule has 0 spiro atoms. The van der Waals surface area contributed by atoms with Gasteiger partial charge in [0.15, 0.2) is 5.69 Å². The van der Waals surface area contributed by atoms with Gasteiger partial charge < -0.3 is 4.81 Å². The minimum absolute atomic E-state index is 0.0342. The van der Waals surface area contributed by atoms with Crippen LogP contribution in [0, 0.1) is 0 Å². The van der Waals surface area contributed by atoms with Crippen molar-refractivity contribution in [2.75, 3.05) is 0 Å². The average molecular weight is 147 g/mol. The number of rotatable bonds is 0. The average Bonchev–Trinajstić information content (AvgIpc) is 2.30. The van der Waals surface area contributed by atoms with Gasteiger partial charge in [0, 0.05) is 18.3 Å². The lowest BCUT2D eigenvalue weighted by molar-refractivity contribution is 0.0875. The monoisotopic (exact) mass is 147 g/mol. The van der Waals surface area contributed by atoms with E-state index in [-0.39, 0.29) is 5.91 Å². The number of carbonyl (C=O) groups is 1. The van der Waals surface area contributed by atoms with Gasteiger partial charge in [-0.15, -0.1) is 5.10 Å². The minimum Gasteiger partial charge on any atom is -0.384 e. The van der Waals surface area contributed by atoms with E-state index in [0.717, 1.165) is 5.56 Å². The molecular formula is C6H6BN3O. The van der Waals surface area contributed by atoms with Gasteiger partial charge in [-0.1, -0.05) is 0 Å². The summed E-state index contributed by atoms with van der Waals surface area (Å²) in [6.45, 7) is 0.656. The van der Waals surface area contributed by atoms with Crippen LogP contribution in [0.5, 0.6) is 0 Å². The van der Waals surface area contributed by atoms with Crippen molar-refractivity contribution in [3.8, 4) is 0 Å². The first-order valence-electron chi connectivity index (χ1n) is 3.35. The largest absolute Gasteiger partial charge is 0.384 e. The number of nitrogens with zero attached hydrogens (tertiary/aromatic N) is 3. The Morgan fingerprint density at radius 1 is 1.64 bits per heavy atom. The number of carbonyl (C=O) groups excluding carboxylic acids is 1. The molecule has 0 fully saturated rings. The molecule has 0 aromatic carbocycles. The van der Waals surface area contributed by atoms with Crippen LogP contribution < -0.4 is 0 Å². The fraction of sp³-hybridized carbons (Fsp3) is 0.167. The molecule has 5 heteroatoms. The molecule has 0 unspecified atom stereocenters. The molecule has 0 atom stereocenters. The maximum Gasteiger partial charge on any atom is 0.262 e. The number of fused-ring (bicyclic) bond motifs is 1. The zero-order valence-electron chi connectivity index (χ0n) is 6.11. The summed E-state index contributed by atoms with van der Waals surface area (Å²) in [5.74, 6) is -0.0342. The maximum atomic E-state index is 11.2. The SMILES string of the molecule is BN1Cc2ccnnc2C1=O. The van der Waals surface area contributed by atoms with E-state index in [1.165, 1.54) is 0 Å². The molecule has 0 aliphatic carbocycles. The predicted octanol–water partition coefficient (Wildman–Crippen LogP) is -1.02. The van der Waals surface area contributed by atoms with Crippen LogP contribution >= 0.6 is 0 Å². The van der Waals surface area contributed by atoms with Gasteiger partial charge in [0.25, 0.3) is 5.91 Å². The van der Waals surface area contributed by atoms with E-state index in [1.807, 2.05) is 6.07 Å². The highest BCUT2D eigenvalue weighted by Crippen LogP contribution is 2.16. The molecule has 2 rings (SSSR count). The van der Waals surface area contributed by atoms with Gasteiger partial charge in [-0.3, -0.25) is 4.79 Å². The third-order valence-electron chi connectivity index (χ3n) is 1.76. The first-order valence-corrected chi connectivity index (χ1v) is 3.35. The lowest BCUT2D eigenvalue weighted by atomic mass is 10.2. The third kappa shape index (κ3) is 0.807. The fourth-order valence-electron chi connectivity index (χ4n) is 1.17. The second-order valence-electron chi connectivity index (χ2n) is 2.57. The van der Waals surface area contributed by atoms with Crippen LogP contribution in [0.3, 0.4) is 0 Å². The summed E-state index contributed by atoms with van der Waals surface area (Å²) in [6, 6.07) is 1.82. The normalized spacial score (nSPS) is 15.3. The Balaban J connectivity index is 2.55. The van der Waals surface area contributed by atoms with E-state index in [2.05, 4.69) is 10.2 Å². The number of aromatic nitrogens is 2. The van der Waals surface area contributed by atoms with Crippen molar-refractivity contribution in [1.29, 1.82) is 0 Å². The van der Waals surface area contributed by atoms with Crippen molar-refractivity contribution in [2.45, 2.75) is 6.54 Å². The highest BCUT2D eigenvalue weighted by atomic mass is 16.2. The standard InChI is InChI=1S/C6H6BN3O/c7-10-3-4-1-2-8-9-5(4)6(10)11/h1-2H,3,7H2. The summed E-state index contributed by atoms with van der Waals surface area (Å²) in [6.07, 6.45) is 1.60. The van der Waals surface area contributed by atoms with Crippen molar-refractivity contribution in [3.05, 3.63) is 23.5 Å². The Morgan fingerprint density at radius 2 is 2.45 bits per heavy atom. The van der Waals surface area contributed by atoms with Crippen LogP contribution in [0.15, 0.2) is 12.3 Å². The van der Waals surface area contributed by atoms with Gasteiger partial charge in [0.1, 0.15) is 0 Å². The van der Waals surface area contributed by atoms with E-state index in [1.54, 1.807) is 19.0 Å². The van der Waals surface area contributed by atoms with E-state index in [9.17, 15) is 4.79 Å². The number of hydrogen-bond donors (Lipinski definition) is 0. The molecule has 0 radical (unpaired) electrons. The van der Waals surface area contributed by atoms with Crippen molar-refractivity contribution >= 4 is 13.9 Å². The van der Waals surface area contributed by atoms with Gasteiger partial charge in [-0.2, -0.15) is 5.10 Å². The minimum atomic E-state index is -0.0342. The summed E-state index contributed by atoms with van der Waals surface area (Å²) < 4.78 is 0. The van der Waals surface area contributed by atoms with Crippen molar-refractivity contribution in [3.63, 3.8) is 0 Å². The highest BCUT2D eigenvalue weighted by molar-refractivity contribution is 6.19. The number of hydrogen-bond acceptors (Lipinski definition) is 3. The predicted molar refractivity (Wildman–Crippen MR) is 40.4 cm³/mol. The summed E-state index contributed by atoms with van der Waals surface area (Å²) >= 11 is 0. The van der Waals surface area contributed by atoms with E-state index < -0.39 is 0 Å². The molecule has 54 valence electrons. The van der Waals surface area contributed by atoms with Crippen LogP contribution in [-0.2, 0) is 6.54 Å². The van der Waals surface area contributed by atoms with E-state index in [0.29, 0.717) is 12.2 Å². The van der Waals surface area contributed by atoms with Gasteiger partial charge in [0.05, 0.1) is 0 Å². The lowest BCUT2D eigenvalue weighted by Gasteiger charge is -2.04. The molecule has 0 saturated heterocycles. The first-order chi connectivity index (χ1) is 5.29. The molecule has 1 aliphatic heterocycles. The Labute approximate surface area is 64.7 Å². The Morgan fingerprint density at radius 3 is 3.18 bits per heavy atom. The van der Waals surface area contributed by atoms with Crippen LogP contribution in [0.2, 0.25) is 0 Å². The highest BCUT2D eigenvalue weighted by Gasteiger charge is 2.24. The van der Waals surface area contributed by atoms with E-state index >= 15 is 0 Å². The molecule has 1 amide bonds. The zero-order valence-corrected chi connectivity index (χ0v) is 6.11. The topological polar surface area (TPSA) is 46.1 Å². The number of amides is 1. The van der Waals surface area contributed by atoms with Crippen molar-refractivity contribution < 1.29 is 4.79 Å². The Bertz CT molecular complexity index is 314. The van der Waals surface area contributed by atoms with Crippen LogP contribution in [0.1, 0.15) is 16.1 Å². The van der Waals surface area contributed by atoms with Gasteiger partial charge in [-0.05, 0) is 6.07 Å². The maximum absolute atomic E-state index is 11.2. The molecule has 1 aromatic rings. The summed E-state index contributed by atoms with van der Waals surface area (Å²) in [7, 11) is 1.75. The fourth-order valence-corrected chi connectivity index (χ4v) is 1.17. The molecule has 11 heavy (non-hydrogen) atoms. The Kier molecular flexibility index (Phi) is 1.18. The molecule has 0 bridgehead atoms. The summed E-state index contributed by atoms with van der Waals surface area (Å²) in [4.78, 5) is 12.8. The molecular weight excluding hydrogens is 141 g/mol. The quantitative estimate of drug-likeness (QED) is 0.441. The molecule has 4 nitrogen and oxygen atoms in total. The van der Waals surface area contributed by atoms with Gasteiger partial charge >= 0.3 is 0 Å². The summed E-state index contributed by atoms with van der Waals surface area (Å²) in [5, 5.41) is 7.39. The molecule has 1 aliphatic rings. The zero-order chi connectivity index (χ0) is 7.84. The van der Waals surface area contributed by atoms with Crippen molar-refractivity contribution in [1.82, 2.24) is 15.0 Å². The van der Waals surface area contributed by atoms with Crippen molar-refractivity contribution in [2.24, 2.45) is 0 Å². The second-order valence-corrected chi connectivity index (χ2v) is 2.57. The van der Waals surface area contributed by atoms with E-state index in [4.69, 9.17) is 0 Å². The molecule has 0 N–H and O–H groups in total. The molecule has 2 heterocycles. The molecule has 0 saturated carbocycles. The Hall–Kier alpha value is -1.39. The third-order valence-corrected chi connectivity index (χ3v) is 1.76. The van der Waals surface area contributed by atoms with Crippen LogP contribution in [0.25, 0.3) is 0 Å². The van der Waals surface area contributed by atoms with Crippen LogP contribution in [0.4, 0.5) is 0 Å². The smallest absolute Gasteiger partial charge is 0.262 e. The first kappa shape index (κ1) is 6.33. The summed E-state index contributed by atoms with van der Waals surface area (Å²) in [5.41, 5.74) is 1.46. The van der Waals surface area contributed by atoms with Crippen LogP contribution in [-0.4, -0.2) is 28.9 Å².